The third-order valence-electron chi connectivity index (χ3n) is 4.01. The van der Waals surface area contributed by atoms with Gasteiger partial charge in [0.15, 0.2) is 0 Å². The van der Waals surface area contributed by atoms with Crippen LogP contribution in [-0.2, 0) is 0 Å². The van der Waals surface area contributed by atoms with Crippen LogP contribution in [0.4, 0.5) is 0 Å². The average molecular weight is 308 g/mol. The number of aromatic nitrogens is 1. The highest BCUT2D eigenvalue weighted by atomic mass is 32.2. The summed E-state index contributed by atoms with van der Waals surface area (Å²) in [5.41, 5.74) is 1.23. The van der Waals surface area contributed by atoms with E-state index >= 15 is 0 Å². The average Bonchev–Trinajstić information content (AvgIpc) is 2.55. The van der Waals surface area contributed by atoms with Crippen molar-refractivity contribution in [3.05, 3.63) is 24.0 Å². The second kappa shape index (κ2) is 9.31. The van der Waals surface area contributed by atoms with E-state index < -0.39 is 0 Å². The molecule has 1 unspecified atom stereocenters. The van der Waals surface area contributed by atoms with Gasteiger partial charge in [-0.15, -0.1) is 0 Å². The zero-order chi connectivity index (χ0) is 14.9. The molecular weight excluding hydrogens is 280 g/mol. The van der Waals surface area contributed by atoms with Crippen molar-refractivity contribution >= 4 is 11.8 Å². The van der Waals surface area contributed by atoms with Crippen molar-refractivity contribution in [2.75, 3.05) is 19.4 Å². The summed E-state index contributed by atoms with van der Waals surface area (Å²) in [6.45, 7) is 2.88. The molecule has 118 valence electrons. The topological polar surface area (TPSA) is 34.1 Å². The molecule has 0 aliphatic heterocycles. The van der Waals surface area contributed by atoms with Crippen LogP contribution in [0.25, 0.3) is 0 Å². The molecule has 1 N–H and O–H groups in total. The molecule has 21 heavy (non-hydrogen) atoms. The number of pyridine rings is 1. The first-order valence-corrected chi connectivity index (χ1v) is 9.25. The summed E-state index contributed by atoms with van der Waals surface area (Å²) in [7, 11) is 2.03. The number of thioether (sulfide) groups is 1. The van der Waals surface area contributed by atoms with Crippen LogP contribution in [0.2, 0.25) is 0 Å². The molecule has 2 rings (SSSR count). The Balaban J connectivity index is 1.89. The van der Waals surface area contributed by atoms with Crippen LogP contribution in [0.15, 0.2) is 18.5 Å². The Morgan fingerprint density at radius 1 is 1.33 bits per heavy atom. The molecule has 1 aromatic heterocycles. The number of rotatable bonds is 8. The summed E-state index contributed by atoms with van der Waals surface area (Å²) in [5, 5.41) is 4.27. The highest BCUT2D eigenvalue weighted by Crippen LogP contribution is 2.31. The standard InChI is InChI=1S/C17H28N2OS/c1-3-9-20-15-10-14(11-19-12-15)17(18-2)13-21-16-7-5-4-6-8-16/h10-12,16-18H,3-9,13H2,1-2H3. The fraction of sp³-hybridized carbons (Fsp3) is 0.706. The van der Waals surface area contributed by atoms with E-state index in [0.29, 0.717) is 6.04 Å². The molecule has 0 saturated heterocycles. The Morgan fingerprint density at radius 3 is 2.86 bits per heavy atom. The highest BCUT2D eigenvalue weighted by Gasteiger charge is 2.17. The molecule has 1 heterocycles. The van der Waals surface area contributed by atoms with E-state index in [1.54, 1.807) is 6.20 Å². The van der Waals surface area contributed by atoms with Gasteiger partial charge in [0.25, 0.3) is 0 Å². The first kappa shape index (κ1) is 16.6. The number of ether oxygens (including phenoxy) is 1. The van der Waals surface area contributed by atoms with Crippen LogP contribution in [0.1, 0.15) is 57.1 Å². The van der Waals surface area contributed by atoms with Crippen molar-refractivity contribution in [3.63, 3.8) is 0 Å². The lowest BCUT2D eigenvalue weighted by atomic mass is 10.0. The van der Waals surface area contributed by atoms with Gasteiger partial charge in [0.1, 0.15) is 5.75 Å². The maximum Gasteiger partial charge on any atom is 0.137 e. The van der Waals surface area contributed by atoms with E-state index in [0.717, 1.165) is 29.8 Å². The van der Waals surface area contributed by atoms with E-state index in [-0.39, 0.29) is 0 Å². The second-order valence-corrected chi connectivity index (χ2v) is 7.07. The Kier molecular flexibility index (Phi) is 7.37. The van der Waals surface area contributed by atoms with Crippen molar-refractivity contribution in [1.82, 2.24) is 10.3 Å². The SMILES string of the molecule is CCCOc1cncc(C(CSC2CCCCC2)NC)c1. The number of nitrogens with zero attached hydrogens (tertiary/aromatic N) is 1. The fourth-order valence-corrected chi connectivity index (χ4v) is 4.23. The van der Waals surface area contributed by atoms with E-state index in [4.69, 9.17) is 4.74 Å². The van der Waals surface area contributed by atoms with Crippen LogP contribution in [0, 0.1) is 0 Å². The molecule has 1 fully saturated rings. The van der Waals surface area contributed by atoms with Crippen LogP contribution >= 0.6 is 11.8 Å². The lowest BCUT2D eigenvalue weighted by Crippen LogP contribution is -2.21. The lowest BCUT2D eigenvalue weighted by molar-refractivity contribution is 0.315. The summed E-state index contributed by atoms with van der Waals surface area (Å²) >= 11 is 2.12. The van der Waals surface area contributed by atoms with Crippen molar-refractivity contribution in [2.24, 2.45) is 0 Å². The minimum Gasteiger partial charge on any atom is -0.492 e. The fourth-order valence-electron chi connectivity index (χ4n) is 2.74. The van der Waals surface area contributed by atoms with Gasteiger partial charge < -0.3 is 10.1 Å². The predicted octanol–water partition coefficient (Wildman–Crippen LogP) is 4.20. The molecule has 1 atom stereocenters. The van der Waals surface area contributed by atoms with Gasteiger partial charge in [-0.2, -0.15) is 11.8 Å². The van der Waals surface area contributed by atoms with Gasteiger partial charge in [-0.1, -0.05) is 26.2 Å². The van der Waals surface area contributed by atoms with Crippen molar-refractivity contribution < 1.29 is 4.74 Å². The molecule has 0 aromatic carbocycles. The molecule has 1 aliphatic carbocycles. The van der Waals surface area contributed by atoms with E-state index in [1.807, 2.05) is 13.2 Å². The predicted molar refractivity (Wildman–Crippen MR) is 91.2 cm³/mol. The zero-order valence-corrected chi connectivity index (χ0v) is 14.1. The van der Waals surface area contributed by atoms with Gasteiger partial charge in [-0.05, 0) is 37.9 Å². The molecule has 0 radical (unpaired) electrons. The normalized spacial score (nSPS) is 17.6. The van der Waals surface area contributed by atoms with Gasteiger partial charge >= 0.3 is 0 Å². The number of nitrogens with one attached hydrogen (secondary N) is 1. The van der Waals surface area contributed by atoms with Crippen molar-refractivity contribution in [1.29, 1.82) is 0 Å². The molecular formula is C17H28N2OS. The maximum atomic E-state index is 5.69. The van der Waals surface area contributed by atoms with Gasteiger partial charge in [-0.25, -0.2) is 0 Å². The molecule has 4 heteroatoms. The molecule has 1 saturated carbocycles. The van der Waals surface area contributed by atoms with Gasteiger partial charge in [0.05, 0.1) is 12.8 Å². The minimum atomic E-state index is 0.356. The summed E-state index contributed by atoms with van der Waals surface area (Å²) < 4.78 is 5.69. The van der Waals surface area contributed by atoms with E-state index in [9.17, 15) is 0 Å². The van der Waals surface area contributed by atoms with Gasteiger partial charge in [0.2, 0.25) is 0 Å². The van der Waals surface area contributed by atoms with Crippen LogP contribution in [0.3, 0.4) is 0 Å². The number of hydrogen-bond acceptors (Lipinski definition) is 4. The zero-order valence-electron chi connectivity index (χ0n) is 13.3. The Bertz CT molecular complexity index is 408. The third-order valence-corrected chi connectivity index (χ3v) is 5.48. The van der Waals surface area contributed by atoms with E-state index in [2.05, 4.69) is 35.1 Å². The van der Waals surface area contributed by atoms with Crippen LogP contribution in [-0.4, -0.2) is 29.6 Å². The number of hydrogen-bond donors (Lipinski definition) is 1. The smallest absolute Gasteiger partial charge is 0.137 e. The van der Waals surface area contributed by atoms with E-state index in [1.165, 1.54) is 37.7 Å². The lowest BCUT2D eigenvalue weighted by Gasteiger charge is -2.24. The first-order chi connectivity index (χ1) is 10.3. The highest BCUT2D eigenvalue weighted by molar-refractivity contribution is 7.99. The summed E-state index contributed by atoms with van der Waals surface area (Å²) in [6, 6.07) is 2.49. The summed E-state index contributed by atoms with van der Waals surface area (Å²) in [4.78, 5) is 4.33. The van der Waals surface area contributed by atoms with Gasteiger partial charge in [-0.3, -0.25) is 4.98 Å². The molecule has 0 bridgehead atoms. The summed E-state index contributed by atoms with van der Waals surface area (Å²) in [6.07, 6.45) is 11.8. The Morgan fingerprint density at radius 2 is 2.14 bits per heavy atom. The first-order valence-electron chi connectivity index (χ1n) is 8.20. The molecule has 1 aromatic rings. The maximum absolute atomic E-state index is 5.69. The summed E-state index contributed by atoms with van der Waals surface area (Å²) in [5.74, 6) is 2.00. The van der Waals surface area contributed by atoms with Crippen LogP contribution < -0.4 is 10.1 Å². The monoisotopic (exact) mass is 308 g/mol. The molecule has 0 amide bonds. The molecule has 1 aliphatic rings. The Hall–Kier alpha value is -0.740. The van der Waals surface area contributed by atoms with Crippen molar-refractivity contribution in [2.45, 2.75) is 56.7 Å². The Labute approximate surface area is 133 Å². The second-order valence-electron chi connectivity index (χ2n) is 5.74. The van der Waals surface area contributed by atoms with Crippen molar-refractivity contribution in [3.8, 4) is 5.75 Å². The minimum absolute atomic E-state index is 0.356. The quantitative estimate of drug-likeness (QED) is 0.780. The third kappa shape index (κ3) is 5.51. The van der Waals surface area contributed by atoms with Crippen LogP contribution in [0.5, 0.6) is 5.75 Å². The van der Waals surface area contributed by atoms with Gasteiger partial charge in [0, 0.05) is 23.2 Å². The largest absolute Gasteiger partial charge is 0.492 e. The molecule has 0 spiro atoms. The molecule has 3 nitrogen and oxygen atoms in total.